The van der Waals surface area contributed by atoms with Crippen LogP contribution < -0.4 is 52.2 Å². The van der Waals surface area contributed by atoms with Crippen LogP contribution in [0.15, 0.2) is 344 Å². The van der Waals surface area contributed by atoms with Crippen molar-refractivity contribution in [1.82, 2.24) is 4.57 Å². The van der Waals surface area contributed by atoms with E-state index < -0.39 is 0 Å². The number of aromatic nitrogens is 1. The molecule has 6 heterocycles. The highest BCUT2D eigenvalue weighted by Gasteiger charge is 2.50. The Morgan fingerprint density at radius 1 is 0.265 bits per heavy atom. The number of nitrogens with zero attached hydrogens (tertiary/aromatic N) is 4. The Morgan fingerprint density at radius 2 is 0.776 bits per heavy atom. The van der Waals surface area contributed by atoms with Crippen LogP contribution in [-0.4, -0.2) is 18.0 Å². The molecule has 0 unspecified atom stereocenters. The van der Waals surface area contributed by atoms with E-state index in [1.54, 1.807) is 0 Å². The summed E-state index contributed by atoms with van der Waals surface area (Å²) in [6, 6.07) is 125. The monoisotopic (exact) mass is 1250 g/mol. The van der Waals surface area contributed by atoms with Gasteiger partial charge in [0, 0.05) is 73.5 Å². The summed E-state index contributed by atoms with van der Waals surface area (Å²) >= 11 is 0. The first-order chi connectivity index (χ1) is 48.7. The first-order valence-electron chi connectivity index (χ1n) is 33.8. The number of anilines is 9. The van der Waals surface area contributed by atoms with Crippen LogP contribution in [0.25, 0.3) is 93.9 Å². The number of furan rings is 1. The van der Waals surface area contributed by atoms with Crippen LogP contribution in [0.1, 0.15) is 0 Å². The van der Waals surface area contributed by atoms with Gasteiger partial charge in [-0.15, -0.1) is 0 Å². The highest BCUT2D eigenvalue weighted by molar-refractivity contribution is 7.03. The highest BCUT2D eigenvalue weighted by atomic mass is 16.5. The van der Waals surface area contributed by atoms with Crippen molar-refractivity contribution < 1.29 is 9.15 Å². The highest BCUT2D eigenvalue weighted by Crippen LogP contribution is 2.55. The standard InChI is InChI=1S/C90H56B2N4O2/c1-6-27-57(28-7-1)59-31-24-33-61(51-59)66-43-26-44-67(62-34-25-32-60(52-62)58-29-8-2-9-30-58)88(66)96-77-54-76-72(53-73(77)91-70-45-18-21-48-75(70)95(65-39-14-5-15-40-65)89-85-69-42-17-22-49-81(69)97-83(85)56-80(96)86(89)91)92-71-46-19-23-50-82(71)98-90-84-68-41-16-20-47-74(68)93(63-35-10-3-11-36-63)78(84)55-79(87(90)92)94(76)64-37-12-4-13-38-64/h1-56H. The quantitative estimate of drug-likeness (QED) is 0.142. The molecule has 0 saturated carbocycles. The number of ether oxygens (including phenoxy) is 1. The first-order valence-corrected chi connectivity index (χ1v) is 33.8. The van der Waals surface area contributed by atoms with E-state index in [4.69, 9.17) is 9.15 Å². The molecule has 0 N–H and O–H groups in total. The molecule has 0 spiro atoms. The Balaban J connectivity index is 0.941. The van der Waals surface area contributed by atoms with Gasteiger partial charge in [-0.3, -0.25) is 0 Å². The van der Waals surface area contributed by atoms with Crippen LogP contribution in [0.3, 0.4) is 0 Å². The molecule has 454 valence electrons. The molecule has 4 aliphatic rings. The third-order valence-electron chi connectivity index (χ3n) is 20.9. The molecule has 6 nitrogen and oxygen atoms in total. The second kappa shape index (κ2) is 21.4. The van der Waals surface area contributed by atoms with Crippen molar-refractivity contribution in [1.29, 1.82) is 0 Å². The van der Waals surface area contributed by atoms with E-state index in [0.29, 0.717) is 0 Å². The van der Waals surface area contributed by atoms with Crippen LogP contribution in [-0.2, 0) is 0 Å². The lowest BCUT2D eigenvalue weighted by Crippen LogP contribution is -2.64. The zero-order chi connectivity index (χ0) is 64.1. The van der Waals surface area contributed by atoms with Crippen molar-refractivity contribution in [3.63, 3.8) is 0 Å². The van der Waals surface area contributed by atoms with Crippen molar-refractivity contribution >= 4 is 141 Å². The van der Waals surface area contributed by atoms with Gasteiger partial charge in [-0.2, -0.15) is 0 Å². The maximum absolute atomic E-state index is 7.58. The summed E-state index contributed by atoms with van der Waals surface area (Å²) < 4.78 is 17.3. The van der Waals surface area contributed by atoms with Crippen LogP contribution >= 0.6 is 0 Å². The first kappa shape index (κ1) is 54.6. The van der Waals surface area contributed by atoms with Gasteiger partial charge in [-0.1, -0.05) is 249 Å². The zero-order valence-corrected chi connectivity index (χ0v) is 53.1. The third kappa shape index (κ3) is 8.00. The van der Waals surface area contributed by atoms with Crippen molar-refractivity contribution in [2.45, 2.75) is 0 Å². The molecule has 17 aromatic rings. The van der Waals surface area contributed by atoms with Gasteiger partial charge in [0.05, 0.1) is 33.2 Å². The molecular weight excluding hydrogens is 1190 g/mol. The summed E-state index contributed by atoms with van der Waals surface area (Å²) in [5.41, 5.74) is 30.7. The molecule has 0 aliphatic carbocycles. The molecule has 98 heavy (non-hydrogen) atoms. The molecule has 0 bridgehead atoms. The fourth-order valence-electron chi connectivity index (χ4n) is 16.9. The minimum Gasteiger partial charge on any atom is -0.458 e. The van der Waals surface area contributed by atoms with Gasteiger partial charge in [0.15, 0.2) is 0 Å². The molecule has 15 aromatic carbocycles. The summed E-state index contributed by atoms with van der Waals surface area (Å²) in [5.74, 6) is 1.74. The van der Waals surface area contributed by atoms with E-state index in [0.717, 1.165) is 168 Å². The number of fused-ring (bicyclic) bond motifs is 16. The summed E-state index contributed by atoms with van der Waals surface area (Å²) in [7, 11) is 0. The van der Waals surface area contributed by atoms with Gasteiger partial charge in [-0.25, -0.2) is 0 Å². The van der Waals surface area contributed by atoms with E-state index in [1.165, 1.54) is 21.9 Å². The van der Waals surface area contributed by atoms with Crippen LogP contribution in [0.4, 0.5) is 51.2 Å². The molecule has 2 aromatic heterocycles. The second-order valence-corrected chi connectivity index (χ2v) is 26.2. The van der Waals surface area contributed by atoms with Crippen molar-refractivity contribution in [3.8, 4) is 61.7 Å². The lowest BCUT2D eigenvalue weighted by atomic mass is 9.30. The molecule has 8 heteroatoms. The average Bonchev–Trinajstić information content (AvgIpc) is 1.06. The lowest BCUT2D eigenvalue weighted by molar-refractivity contribution is 0.493. The molecule has 0 saturated heterocycles. The molecule has 21 rings (SSSR count). The van der Waals surface area contributed by atoms with Gasteiger partial charge in [0.25, 0.3) is 13.4 Å². The van der Waals surface area contributed by atoms with E-state index in [9.17, 15) is 0 Å². The number of hydrogen-bond acceptors (Lipinski definition) is 5. The number of benzene rings is 15. The fourth-order valence-corrected chi connectivity index (χ4v) is 16.9. The Morgan fingerprint density at radius 3 is 1.46 bits per heavy atom. The summed E-state index contributed by atoms with van der Waals surface area (Å²) in [5, 5.41) is 4.38. The van der Waals surface area contributed by atoms with E-state index in [-0.39, 0.29) is 13.4 Å². The minimum absolute atomic E-state index is 0.244. The van der Waals surface area contributed by atoms with E-state index in [1.807, 2.05) is 0 Å². The fraction of sp³-hybridized carbons (Fsp3) is 0. The third-order valence-corrected chi connectivity index (χ3v) is 20.9. The number of hydrogen-bond donors (Lipinski definition) is 0. The van der Waals surface area contributed by atoms with E-state index in [2.05, 4.69) is 359 Å². The van der Waals surface area contributed by atoms with Crippen LogP contribution in [0.5, 0.6) is 11.5 Å². The molecule has 0 radical (unpaired) electrons. The average molecular weight is 1250 g/mol. The maximum Gasteiger partial charge on any atom is 0.256 e. The summed E-state index contributed by atoms with van der Waals surface area (Å²) in [6.07, 6.45) is 0. The topological polar surface area (TPSA) is 37.0 Å². The van der Waals surface area contributed by atoms with Gasteiger partial charge < -0.3 is 28.4 Å². The van der Waals surface area contributed by atoms with E-state index >= 15 is 0 Å². The van der Waals surface area contributed by atoms with Gasteiger partial charge in [0.2, 0.25) is 0 Å². The summed E-state index contributed by atoms with van der Waals surface area (Å²) in [4.78, 5) is 7.73. The number of rotatable bonds is 8. The lowest BCUT2D eigenvalue weighted by Gasteiger charge is -2.47. The molecule has 0 amide bonds. The molecule has 0 fully saturated rings. The Kier molecular flexibility index (Phi) is 11.9. The predicted octanol–water partition coefficient (Wildman–Crippen LogP) is 19.8. The van der Waals surface area contributed by atoms with Crippen LogP contribution in [0.2, 0.25) is 0 Å². The number of para-hydroxylation sites is 8. The smallest absolute Gasteiger partial charge is 0.256 e. The SMILES string of the molecule is c1ccc(-c2cccc(-c3cccc(-c4cccc(-c5ccccc5)c4)c3N3c4cc5c(cc4B4c6ccccc6N(c6ccccc6)c6c4c3cc3oc4ccccc4c63)B3c4ccccc4Oc4c3c(cc3c4c4ccccc4n3-c3ccccc3)N5c3ccccc3)c2)cc1. The largest absolute Gasteiger partial charge is 0.458 e. The van der Waals surface area contributed by atoms with Crippen molar-refractivity contribution in [3.05, 3.63) is 340 Å². The second-order valence-electron chi connectivity index (χ2n) is 26.2. The molecular formula is C90H56B2N4O2. The van der Waals surface area contributed by atoms with Gasteiger partial charge >= 0.3 is 0 Å². The minimum atomic E-state index is -0.267. The Hall–Kier alpha value is -12.8. The Bertz CT molecular complexity index is 6030. The normalized spacial score (nSPS) is 13.1. The maximum atomic E-state index is 7.58. The molecule has 4 aliphatic heterocycles. The Labute approximate surface area is 567 Å². The molecule has 0 atom stereocenters. The van der Waals surface area contributed by atoms with Crippen molar-refractivity contribution in [2.24, 2.45) is 0 Å². The zero-order valence-electron chi connectivity index (χ0n) is 53.1. The van der Waals surface area contributed by atoms with Gasteiger partial charge in [-0.05, 0) is 151 Å². The van der Waals surface area contributed by atoms with Crippen LogP contribution in [0, 0.1) is 0 Å². The summed E-state index contributed by atoms with van der Waals surface area (Å²) in [6.45, 7) is -0.510. The predicted molar refractivity (Wildman–Crippen MR) is 410 cm³/mol. The van der Waals surface area contributed by atoms with Crippen molar-refractivity contribution in [2.75, 3.05) is 14.7 Å². The van der Waals surface area contributed by atoms with Gasteiger partial charge in [0.1, 0.15) is 22.7 Å².